The molecular weight excluding hydrogens is 508 g/mol. The van der Waals surface area contributed by atoms with Gasteiger partial charge in [0.15, 0.2) is 0 Å². The molecule has 0 aliphatic heterocycles. The first-order valence-electron chi connectivity index (χ1n) is 12.0. The minimum Gasteiger partial charge on any atom is -0.478 e. The Bertz CT molecular complexity index is 1430. The van der Waals surface area contributed by atoms with Gasteiger partial charge in [0.05, 0.1) is 11.1 Å². The zero-order chi connectivity index (χ0) is 26.0. The van der Waals surface area contributed by atoms with Gasteiger partial charge in [-0.15, -0.1) is 12.8 Å². The molecule has 4 nitrogen and oxygen atoms in total. The van der Waals surface area contributed by atoms with Gasteiger partial charge in [0, 0.05) is 0 Å². The van der Waals surface area contributed by atoms with Crippen LogP contribution in [-0.4, -0.2) is 22.2 Å². The summed E-state index contributed by atoms with van der Waals surface area (Å²) in [4.78, 5) is 21.6. The maximum Gasteiger partial charge on any atom is 2.00 e. The van der Waals surface area contributed by atoms with Crippen molar-refractivity contribution in [1.29, 1.82) is 0 Å². The quantitative estimate of drug-likeness (QED) is 0.207. The van der Waals surface area contributed by atoms with Crippen molar-refractivity contribution in [3.8, 4) is 0 Å². The molecule has 4 aromatic rings. The molecule has 0 unspecified atom stereocenters. The van der Waals surface area contributed by atoms with Crippen LogP contribution in [0.5, 0.6) is 0 Å². The van der Waals surface area contributed by atoms with E-state index in [9.17, 15) is 9.59 Å². The first-order valence-corrected chi connectivity index (χ1v) is 12.0. The molecule has 2 aliphatic rings. The van der Waals surface area contributed by atoms with Crippen molar-refractivity contribution in [2.24, 2.45) is 0 Å². The van der Waals surface area contributed by atoms with E-state index in [-0.39, 0.29) is 21.7 Å². The van der Waals surface area contributed by atoms with Crippen LogP contribution in [0.25, 0.3) is 21.5 Å². The second-order valence-corrected chi connectivity index (χ2v) is 8.46. The van der Waals surface area contributed by atoms with Crippen LogP contribution >= 0.6 is 0 Å². The van der Waals surface area contributed by atoms with E-state index in [1.807, 2.05) is 60.7 Å². The first-order chi connectivity index (χ1) is 18.0. The van der Waals surface area contributed by atoms with E-state index in [0.29, 0.717) is 11.1 Å². The molecule has 0 fully saturated rings. The summed E-state index contributed by atoms with van der Waals surface area (Å²) in [6.45, 7) is 0. The number of rotatable bonds is 4. The van der Waals surface area contributed by atoms with Gasteiger partial charge in [-0.05, 0) is 33.7 Å². The van der Waals surface area contributed by atoms with Crippen molar-refractivity contribution in [2.75, 3.05) is 0 Å². The Balaban J connectivity index is 0.000000156. The molecule has 186 valence electrons. The van der Waals surface area contributed by atoms with Crippen LogP contribution in [0.15, 0.2) is 120 Å². The molecule has 0 spiro atoms. The minimum atomic E-state index is -0.878. The summed E-state index contributed by atoms with van der Waals surface area (Å²) in [7, 11) is 0. The number of allylic oxidation sites excluding steroid dienone is 8. The monoisotopic (exact) mass is 534 g/mol. The van der Waals surface area contributed by atoms with Crippen LogP contribution in [0.4, 0.5) is 0 Å². The van der Waals surface area contributed by atoms with Crippen LogP contribution in [0.1, 0.15) is 40.0 Å². The fourth-order valence-corrected chi connectivity index (χ4v) is 4.17. The zero-order valence-electron chi connectivity index (χ0n) is 20.7. The summed E-state index contributed by atoms with van der Waals surface area (Å²) < 4.78 is 0. The largest absolute Gasteiger partial charge is 2.00 e. The number of hydrogen-bond acceptors (Lipinski definition) is 2. The van der Waals surface area contributed by atoms with E-state index in [4.69, 9.17) is 10.2 Å². The van der Waals surface area contributed by atoms with Crippen LogP contribution in [0, 0.1) is 12.2 Å². The van der Waals surface area contributed by atoms with Gasteiger partial charge in [-0.3, -0.25) is 12.2 Å². The van der Waals surface area contributed by atoms with Gasteiger partial charge in [0.25, 0.3) is 0 Å². The van der Waals surface area contributed by atoms with Gasteiger partial charge in [-0.25, -0.2) is 32.9 Å². The second-order valence-electron chi connectivity index (χ2n) is 8.46. The second kappa shape index (κ2) is 14.1. The molecule has 0 saturated heterocycles. The van der Waals surface area contributed by atoms with E-state index in [2.05, 4.69) is 36.5 Å². The Morgan fingerprint density at radius 3 is 1.37 bits per heavy atom. The van der Waals surface area contributed by atoms with Crippen molar-refractivity contribution in [1.82, 2.24) is 0 Å². The first kappa shape index (κ1) is 28.6. The number of fused-ring (bicyclic) bond motifs is 2. The molecule has 5 heteroatoms. The van der Waals surface area contributed by atoms with Crippen LogP contribution in [-0.2, 0) is 21.7 Å². The molecule has 0 heterocycles. The third-order valence-electron chi connectivity index (χ3n) is 5.95. The summed E-state index contributed by atoms with van der Waals surface area (Å²) in [5.74, 6) is -1.76. The van der Waals surface area contributed by atoms with Crippen molar-refractivity contribution >= 4 is 33.5 Å². The Kier molecular flexibility index (Phi) is 10.6. The Labute approximate surface area is 237 Å². The Morgan fingerprint density at radius 2 is 1.00 bits per heavy atom. The van der Waals surface area contributed by atoms with Gasteiger partial charge in [-0.1, -0.05) is 79.2 Å². The maximum absolute atomic E-state index is 10.8. The number of aromatic carboxylic acids is 2. The summed E-state index contributed by atoms with van der Waals surface area (Å²) >= 11 is 0. The van der Waals surface area contributed by atoms with Gasteiger partial charge in [0.2, 0.25) is 0 Å². The molecule has 0 aromatic heterocycles. The average Bonchev–Trinajstić information content (AvgIpc) is 3.64. The van der Waals surface area contributed by atoms with Crippen molar-refractivity contribution in [3.05, 3.63) is 144 Å². The Morgan fingerprint density at radius 1 is 0.605 bits per heavy atom. The smallest absolute Gasteiger partial charge is 0.478 e. The maximum atomic E-state index is 10.8. The fraction of sp³-hybridized carbons (Fsp3) is 0.0909. The third kappa shape index (κ3) is 7.51. The van der Waals surface area contributed by atoms with E-state index >= 15 is 0 Å². The summed E-state index contributed by atoms with van der Waals surface area (Å²) in [6, 6.07) is 25.5. The zero-order valence-corrected chi connectivity index (χ0v) is 22.3. The molecule has 2 aliphatic carbocycles. The number of benzene rings is 4. The molecule has 0 radical (unpaired) electrons. The topological polar surface area (TPSA) is 74.6 Å². The SMILES string of the molecule is O=C(O)c1cccc2ccccc12.O=C(O)c1cccc2ccccc12.[C-]1=C(CC2=[C-]CC=C2)C=CC1.[Ti+2]. The van der Waals surface area contributed by atoms with Gasteiger partial charge >= 0.3 is 33.7 Å². The van der Waals surface area contributed by atoms with E-state index < -0.39 is 11.9 Å². The molecular formula is C33H26O4Ti. The molecule has 6 rings (SSSR count). The molecule has 0 bridgehead atoms. The number of carboxylic acid groups (broad SMARTS) is 2. The molecule has 0 saturated carbocycles. The van der Waals surface area contributed by atoms with E-state index in [0.717, 1.165) is 40.8 Å². The molecule has 0 atom stereocenters. The van der Waals surface area contributed by atoms with E-state index in [1.165, 1.54) is 11.1 Å². The molecule has 4 aromatic carbocycles. The van der Waals surface area contributed by atoms with Crippen molar-refractivity contribution in [3.63, 3.8) is 0 Å². The van der Waals surface area contributed by atoms with Gasteiger partial charge in [-0.2, -0.15) is 12.2 Å². The fourth-order valence-electron chi connectivity index (χ4n) is 4.17. The van der Waals surface area contributed by atoms with Crippen molar-refractivity contribution < 1.29 is 41.5 Å². The van der Waals surface area contributed by atoms with E-state index in [1.54, 1.807) is 24.3 Å². The number of carboxylic acids is 2. The standard InChI is InChI=1S/2C11H8O2.C11H10.Ti/c2*12-11(13)10-7-3-5-8-4-1-2-6-9(8)10;1-2-6-10(5-1)9-11-7-3-4-8-11;/h2*1-7H,(H,12,13);1,3,5,7H,2,4,9H2;/q;;-2;+2. The van der Waals surface area contributed by atoms with Crippen LogP contribution < -0.4 is 0 Å². The average molecular weight is 534 g/mol. The van der Waals surface area contributed by atoms with Crippen LogP contribution in [0.2, 0.25) is 0 Å². The number of hydrogen-bond donors (Lipinski definition) is 2. The summed E-state index contributed by atoms with van der Waals surface area (Å²) in [6.07, 6.45) is 18.2. The van der Waals surface area contributed by atoms with Crippen LogP contribution in [0.3, 0.4) is 0 Å². The summed E-state index contributed by atoms with van der Waals surface area (Å²) in [5, 5.41) is 21.3. The minimum absolute atomic E-state index is 0. The molecule has 0 amide bonds. The predicted molar refractivity (Wildman–Crippen MR) is 147 cm³/mol. The Hall–Kier alpha value is -3.99. The van der Waals surface area contributed by atoms with Crippen molar-refractivity contribution in [2.45, 2.75) is 19.3 Å². The summed E-state index contributed by atoms with van der Waals surface area (Å²) in [5.41, 5.74) is 3.36. The molecule has 2 N–H and O–H groups in total. The number of carbonyl (C=O) groups is 2. The third-order valence-corrected chi connectivity index (χ3v) is 5.95. The van der Waals surface area contributed by atoms with Gasteiger partial charge < -0.3 is 10.2 Å². The normalized spacial score (nSPS) is 12.9. The van der Waals surface area contributed by atoms with Gasteiger partial charge in [0.1, 0.15) is 0 Å². The molecule has 38 heavy (non-hydrogen) atoms. The predicted octanol–water partition coefficient (Wildman–Crippen LogP) is 7.83.